The lowest BCUT2D eigenvalue weighted by Crippen LogP contribution is -2.36. The zero-order chi connectivity index (χ0) is 15.2. The van der Waals surface area contributed by atoms with E-state index < -0.39 is 0 Å². The van der Waals surface area contributed by atoms with E-state index in [2.05, 4.69) is 4.90 Å². The summed E-state index contributed by atoms with van der Waals surface area (Å²) in [7, 11) is 1.75. The second-order valence-electron chi connectivity index (χ2n) is 5.51. The molecule has 1 saturated heterocycles. The number of methoxy groups -OCH3 is 1. The van der Waals surface area contributed by atoms with Gasteiger partial charge >= 0.3 is 0 Å². The molecule has 0 aliphatic carbocycles. The first-order chi connectivity index (χ1) is 10.1. The molecule has 0 unspecified atom stereocenters. The molecule has 0 amide bonds. The molecule has 1 aliphatic heterocycles. The van der Waals surface area contributed by atoms with Crippen molar-refractivity contribution in [3.05, 3.63) is 33.8 Å². The van der Waals surface area contributed by atoms with E-state index in [1.165, 1.54) is 0 Å². The maximum absolute atomic E-state index is 12.2. The lowest BCUT2D eigenvalue weighted by atomic mass is 9.97. The summed E-state index contributed by atoms with van der Waals surface area (Å²) in [6.45, 7) is 3.68. The van der Waals surface area contributed by atoms with Gasteiger partial charge in [0.2, 0.25) is 0 Å². The molecular formula is C16H21Cl2NO2. The first-order valence-electron chi connectivity index (χ1n) is 7.30. The van der Waals surface area contributed by atoms with Gasteiger partial charge < -0.3 is 9.64 Å². The van der Waals surface area contributed by atoms with E-state index in [-0.39, 0.29) is 5.78 Å². The number of hydrogen-bond donors (Lipinski definition) is 0. The van der Waals surface area contributed by atoms with E-state index in [1.54, 1.807) is 25.3 Å². The van der Waals surface area contributed by atoms with Crippen LogP contribution in [-0.4, -0.2) is 44.0 Å². The maximum Gasteiger partial charge on any atom is 0.165 e. The van der Waals surface area contributed by atoms with Gasteiger partial charge in [0, 0.05) is 32.2 Å². The van der Waals surface area contributed by atoms with Crippen molar-refractivity contribution in [2.24, 2.45) is 5.92 Å². The fraction of sp³-hybridized carbons (Fsp3) is 0.562. The molecule has 2 rings (SSSR count). The van der Waals surface area contributed by atoms with E-state index in [9.17, 15) is 4.79 Å². The number of nitrogens with zero attached hydrogens (tertiary/aromatic N) is 1. The van der Waals surface area contributed by atoms with Crippen molar-refractivity contribution in [3.8, 4) is 0 Å². The molecule has 0 bridgehead atoms. The molecule has 1 fully saturated rings. The summed E-state index contributed by atoms with van der Waals surface area (Å²) in [5.74, 6) is 0.714. The molecule has 116 valence electrons. The van der Waals surface area contributed by atoms with Gasteiger partial charge in [-0.2, -0.15) is 0 Å². The van der Waals surface area contributed by atoms with Gasteiger partial charge in [0.05, 0.1) is 10.0 Å². The van der Waals surface area contributed by atoms with E-state index >= 15 is 0 Å². The van der Waals surface area contributed by atoms with Crippen molar-refractivity contribution >= 4 is 29.0 Å². The molecule has 0 radical (unpaired) electrons. The van der Waals surface area contributed by atoms with Crippen molar-refractivity contribution < 1.29 is 9.53 Å². The number of rotatable bonds is 6. The second kappa shape index (κ2) is 8.14. The van der Waals surface area contributed by atoms with E-state index in [4.69, 9.17) is 27.9 Å². The Hall–Kier alpha value is -0.610. The first-order valence-corrected chi connectivity index (χ1v) is 8.06. The van der Waals surface area contributed by atoms with Gasteiger partial charge in [-0.1, -0.05) is 29.3 Å². The van der Waals surface area contributed by atoms with E-state index in [0.29, 0.717) is 27.9 Å². The predicted molar refractivity (Wildman–Crippen MR) is 86.4 cm³/mol. The Balaban J connectivity index is 1.81. The summed E-state index contributed by atoms with van der Waals surface area (Å²) < 4.78 is 5.20. The molecule has 3 nitrogen and oxygen atoms in total. The number of benzene rings is 1. The smallest absolute Gasteiger partial charge is 0.165 e. The van der Waals surface area contributed by atoms with Crippen LogP contribution in [0.5, 0.6) is 0 Å². The van der Waals surface area contributed by atoms with Gasteiger partial charge in [-0.05, 0) is 44.0 Å². The molecule has 21 heavy (non-hydrogen) atoms. The summed E-state index contributed by atoms with van der Waals surface area (Å²) in [6, 6.07) is 5.19. The Bertz CT molecular complexity index is 485. The lowest BCUT2D eigenvalue weighted by molar-refractivity contribution is 0.0883. The third-order valence-electron chi connectivity index (χ3n) is 4.02. The van der Waals surface area contributed by atoms with Crippen LogP contribution in [0, 0.1) is 5.92 Å². The van der Waals surface area contributed by atoms with Crippen molar-refractivity contribution in [2.45, 2.75) is 19.3 Å². The van der Waals surface area contributed by atoms with Crippen molar-refractivity contribution in [3.63, 3.8) is 0 Å². The summed E-state index contributed by atoms with van der Waals surface area (Å²) in [5, 5.41) is 0.797. The van der Waals surface area contributed by atoms with Crippen LogP contribution in [0.25, 0.3) is 0 Å². The minimum Gasteiger partial charge on any atom is -0.384 e. The standard InChI is InChI=1S/C16H21Cl2NO2/c1-21-11-12-5-8-19(9-6-12)10-7-15(20)13-3-2-4-14(17)16(13)18/h2-4,12H,5-11H2,1H3. The van der Waals surface area contributed by atoms with Crippen LogP contribution in [-0.2, 0) is 4.74 Å². The van der Waals surface area contributed by atoms with Crippen LogP contribution in [0.2, 0.25) is 10.0 Å². The normalized spacial score (nSPS) is 17.1. The topological polar surface area (TPSA) is 29.5 Å². The van der Waals surface area contributed by atoms with Gasteiger partial charge in [0.1, 0.15) is 0 Å². The molecule has 0 spiro atoms. The van der Waals surface area contributed by atoms with Gasteiger partial charge in [0.25, 0.3) is 0 Å². The Labute approximate surface area is 136 Å². The molecular weight excluding hydrogens is 309 g/mol. The number of Topliss-reactive ketones (excluding diaryl/α,β-unsaturated/α-hetero) is 1. The molecule has 0 atom stereocenters. The van der Waals surface area contributed by atoms with E-state index in [0.717, 1.165) is 39.1 Å². The molecule has 1 aromatic carbocycles. The Morgan fingerprint density at radius 3 is 2.71 bits per heavy atom. The van der Waals surface area contributed by atoms with Crippen molar-refractivity contribution in [1.82, 2.24) is 4.90 Å². The van der Waals surface area contributed by atoms with Crippen molar-refractivity contribution in [1.29, 1.82) is 0 Å². The molecule has 0 saturated carbocycles. The summed E-state index contributed by atoms with van der Waals surface area (Å²) in [5.41, 5.74) is 0.526. The first kappa shape index (κ1) is 16.8. The quantitative estimate of drug-likeness (QED) is 0.740. The fourth-order valence-corrected chi connectivity index (χ4v) is 3.13. The van der Waals surface area contributed by atoms with Gasteiger partial charge in [-0.25, -0.2) is 0 Å². The highest BCUT2D eigenvalue weighted by molar-refractivity contribution is 6.43. The highest BCUT2D eigenvalue weighted by Crippen LogP contribution is 2.26. The molecule has 0 N–H and O–H groups in total. The second-order valence-corrected chi connectivity index (χ2v) is 6.30. The van der Waals surface area contributed by atoms with Crippen LogP contribution in [0.3, 0.4) is 0 Å². The van der Waals surface area contributed by atoms with Crippen LogP contribution >= 0.6 is 23.2 Å². The molecule has 1 heterocycles. The van der Waals surface area contributed by atoms with Crippen LogP contribution in [0.15, 0.2) is 18.2 Å². The number of carbonyl (C=O) groups excluding carboxylic acids is 1. The zero-order valence-corrected chi connectivity index (χ0v) is 13.8. The average Bonchev–Trinajstić information content (AvgIpc) is 2.49. The SMILES string of the molecule is COCC1CCN(CCC(=O)c2cccc(Cl)c2Cl)CC1. The zero-order valence-electron chi connectivity index (χ0n) is 12.3. The molecule has 1 aliphatic rings. The van der Waals surface area contributed by atoms with Crippen molar-refractivity contribution in [2.75, 3.05) is 33.4 Å². The number of carbonyl (C=O) groups is 1. The van der Waals surface area contributed by atoms with Gasteiger partial charge in [-0.15, -0.1) is 0 Å². The molecule has 1 aromatic rings. The number of ketones is 1. The number of halogens is 2. The molecule has 0 aromatic heterocycles. The monoisotopic (exact) mass is 329 g/mol. The summed E-state index contributed by atoms with van der Waals surface area (Å²) in [4.78, 5) is 14.6. The highest BCUT2D eigenvalue weighted by Gasteiger charge is 2.20. The van der Waals surface area contributed by atoms with Crippen LogP contribution in [0.1, 0.15) is 29.6 Å². The summed E-state index contributed by atoms with van der Waals surface area (Å²) >= 11 is 12.0. The molecule has 5 heteroatoms. The third-order valence-corrected chi connectivity index (χ3v) is 4.84. The Morgan fingerprint density at radius 1 is 1.33 bits per heavy atom. The predicted octanol–water partition coefficient (Wildman–Crippen LogP) is 3.92. The van der Waals surface area contributed by atoms with Gasteiger partial charge in [-0.3, -0.25) is 4.79 Å². The third kappa shape index (κ3) is 4.68. The van der Waals surface area contributed by atoms with Crippen LogP contribution < -0.4 is 0 Å². The number of likely N-dealkylation sites (tertiary alicyclic amines) is 1. The minimum absolute atomic E-state index is 0.0570. The minimum atomic E-state index is 0.0570. The number of ether oxygens (including phenoxy) is 1. The van der Waals surface area contributed by atoms with E-state index in [1.807, 2.05) is 0 Å². The Kier molecular flexibility index (Phi) is 6.49. The van der Waals surface area contributed by atoms with Crippen LogP contribution in [0.4, 0.5) is 0 Å². The highest BCUT2D eigenvalue weighted by atomic mass is 35.5. The fourth-order valence-electron chi connectivity index (χ4n) is 2.73. The number of piperidine rings is 1. The average molecular weight is 330 g/mol. The number of hydrogen-bond acceptors (Lipinski definition) is 3. The van der Waals surface area contributed by atoms with Gasteiger partial charge in [0.15, 0.2) is 5.78 Å². The lowest BCUT2D eigenvalue weighted by Gasteiger charge is -2.31. The summed E-state index contributed by atoms with van der Waals surface area (Å²) in [6.07, 6.45) is 2.76. The maximum atomic E-state index is 12.2. The largest absolute Gasteiger partial charge is 0.384 e. The Morgan fingerprint density at radius 2 is 2.05 bits per heavy atom.